The van der Waals surface area contributed by atoms with Crippen molar-refractivity contribution in [2.75, 3.05) is 11.6 Å². The highest BCUT2D eigenvalue weighted by molar-refractivity contribution is 7.98. The summed E-state index contributed by atoms with van der Waals surface area (Å²) in [6.07, 6.45) is 3.37. The minimum absolute atomic E-state index is 0.424. The van der Waals surface area contributed by atoms with Crippen LogP contribution in [0.25, 0.3) is 0 Å². The number of primary amides is 1. The van der Waals surface area contributed by atoms with Gasteiger partial charge in [-0.05, 0) is 20.1 Å². The second kappa shape index (κ2) is 4.48. The van der Waals surface area contributed by atoms with Gasteiger partial charge >= 0.3 is 0 Å². The lowest BCUT2D eigenvalue weighted by Gasteiger charge is -2.22. The van der Waals surface area contributed by atoms with Crippen LogP contribution in [0.5, 0.6) is 0 Å². The molecule has 1 aromatic heterocycles. The summed E-state index contributed by atoms with van der Waals surface area (Å²) in [4.78, 5) is 19.1. The Morgan fingerprint density at radius 2 is 2.20 bits per heavy atom. The number of carbonyl (C=O) groups is 1. The van der Waals surface area contributed by atoms with E-state index in [1.165, 1.54) is 18.1 Å². The smallest absolute Gasteiger partial charge is 0.242 e. The molecule has 1 heterocycles. The molecule has 0 bridgehead atoms. The summed E-state index contributed by atoms with van der Waals surface area (Å²) in [5.74, 6) is 0.171. The predicted octanol–water partition coefficient (Wildman–Crippen LogP) is 0.874. The van der Waals surface area contributed by atoms with E-state index in [1.807, 2.05) is 6.26 Å². The van der Waals surface area contributed by atoms with Gasteiger partial charge in [-0.1, -0.05) is 0 Å². The van der Waals surface area contributed by atoms with Gasteiger partial charge < -0.3 is 11.1 Å². The van der Waals surface area contributed by atoms with Crippen LogP contribution in [-0.4, -0.2) is 27.7 Å². The van der Waals surface area contributed by atoms with Gasteiger partial charge in [0.05, 0.1) is 0 Å². The zero-order valence-corrected chi connectivity index (χ0v) is 9.76. The van der Waals surface area contributed by atoms with Crippen molar-refractivity contribution in [3.05, 3.63) is 12.4 Å². The minimum atomic E-state index is -0.815. The zero-order chi connectivity index (χ0) is 11.5. The standard InChI is InChI=1S/C9H14N4OS/c1-9(2,8(10)14)13-6-4-7(15-3)12-5-11-6/h4-5H,1-3H3,(H2,10,14)(H,11,12,13). The summed E-state index contributed by atoms with van der Waals surface area (Å²) >= 11 is 1.51. The molecule has 0 atom stereocenters. The Morgan fingerprint density at radius 3 is 2.73 bits per heavy atom. The van der Waals surface area contributed by atoms with Gasteiger partial charge in [0.25, 0.3) is 0 Å². The summed E-state index contributed by atoms with van der Waals surface area (Å²) in [5, 5.41) is 3.79. The molecule has 0 unspecified atom stereocenters. The Labute approximate surface area is 92.9 Å². The molecule has 15 heavy (non-hydrogen) atoms. The zero-order valence-electron chi connectivity index (χ0n) is 8.94. The van der Waals surface area contributed by atoms with E-state index in [2.05, 4.69) is 15.3 Å². The summed E-state index contributed by atoms with van der Waals surface area (Å²) in [6, 6.07) is 1.77. The first-order chi connectivity index (χ1) is 6.95. The number of hydrogen-bond donors (Lipinski definition) is 2. The highest BCUT2D eigenvalue weighted by atomic mass is 32.2. The van der Waals surface area contributed by atoms with E-state index in [-0.39, 0.29) is 0 Å². The molecule has 0 aliphatic carbocycles. The number of hydrogen-bond acceptors (Lipinski definition) is 5. The number of rotatable bonds is 4. The second-order valence-corrected chi connectivity index (χ2v) is 4.39. The van der Waals surface area contributed by atoms with Crippen LogP contribution in [0.15, 0.2) is 17.4 Å². The number of amides is 1. The molecule has 1 amide bonds. The van der Waals surface area contributed by atoms with Crippen molar-refractivity contribution >= 4 is 23.5 Å². The molecular formula is C9H14N4OS. The van der Waals surface area contributed by atoms with Crippen molar-refractivity contribution in [3.63, 3.8) is 0 Å². The van der Waals surface area contributed by atoms with E-state index in [4.69, 9.17) is 5.73 Å². The fraction of sp³-hybridized carbons (Fsp3) is 0.444. The van der Waals surface area contributed by atoms with Crippen LogP contribution >= 0.6 is 11.8 Å². The Morgan fingerprint density at radius 1 is 1.53 bits per heavy atom. The van der Waals surface area contributed by atoms with Crippen molar-refractivity contribution in [2.24, 2.45) is 5.73 Å². The SMILES string of the molecule is CSc1cc(NC(C)(C)C(N)=O)ncn1. The van der Waals surface area contributed by atoms with Crippen LogP contribution in [0, 0.1) is 0 Å². The quantitative estimate of drug-likeness (QED) is 0.588. The van der Waals surface area contributed by atoms with Crippen molar-refractivity contribution < 1.29 is 4.79 Å². The third-order valence-corrected chi connectivity index (χ3v) is 2.55. The van der Waals surface area contributed by atoms with Crippen LogP contribution in [0.2, 0.25) is 0 Å². The van der Waals surface area contributed by atoms with Crippen molar-refractivity contribution in [1.82, 2.24) is 9.97 Å². The monoisotopic (exact) mass is 226 g/mol. The summed E-state index contributed by atoms with van der Waals surface area (Å²) in [7, 11) is 0. The van der Waals surface area contributed by atoms with Crippen LogP contribution in [0.1, 0.15) is 13.8 Å². The lowest BCUT2D eigenvalue weighted by atomic mass is 10.1. The van der Waals surface area contributed by atoms with Gasteiger partial charge in [0.1, 0.15) is 22.7 Å². The van der Waals surface area contributed by atoms with Crippen molar-refractivity contribution in [2.45, 2.75) is 24.4 Å². The molecule has 3 N–H and O–H groups in total. The average molecular weight is 226 g/mol. The maximum absolute atomic E-state index is 11.1. The lowest BCUT2D eigenvalue weighted by molar-refractivity contribution is -0.121. The molecule has 82 valence electrons. The number of nitrogens with one attached hydrogen (secondary N) is 1. The first kappa shape index (κ1) is 11.8. The number of anilines is 1. The van der Waals surface area contributed by atoms with Gasteiger partial charge in [0.15, 0.2) is 0 Å². The summed E-state index contributed by atoms with van der Waals surface area (Å²) < 4.78 is 0. The fourth-order valence-corrected chi connectivity index (χ4v) is 1.28. The molecule has 0 aliphatic rings. The van der Waals surface area contributed by atoms with E-state index >= 15 is 0 Å². The van der Waals surface area contributed by atoms with Crippen molar-refractivity contribution in [1.29, 1.82) is 0 Å². The lowest BCUT2D eigenvalue weighted by Crippen LogP contribution is -2.45. The largest absolute Gasteiger partial charge is 0.368 e. The van der Waals surface area contributed by atoms with E-state index in [0.717, 1.165) is 5.03 Å². The van der Waals surface area contributed by atoms with Crippen LogP contribution < -0.4 is 11.1 Å². The molecule has 0 spiro atoms. The molecule has 0 saturated carbocycles. The first-order valence-corrected chi connectivity index (χ1v) is 5.62. The maximum Gasteiger partial charge on any atom is 0.242 e. The normalized spacial score (nSPS) is 11.1. The molecule has 0 saturated heterocycles. The molecule has 6 heteroatoms. The Kier molecular flexibility index (Phi) is 3.52. The first-order valence-electron chi connectivity index (χ1n) is 4.40. The number of carbonyl (C=O) groups excluding carboxylic acids is 1. The van der Waals surface area contributed by atoms with Crippen LogP contribution in [-0.2, 0) is 4.79 Å². The Hall–Kier alpha value is -1.30. The van der Waals surface area contributed by atoms with Gasteiger partial charge in [0, 0.05) is 6.07 Å². The molecule has 0 aromatic carbocycles. The van der Waals surface area contributed by atoms with E-state index in [1.54, 1.807) is 19.9 Å². The topological polar surface area (TPSA) is 80.9 Å². The molecule has 0 radical (unpaired) electrons. The van der Waals surface area contributed by atoms with Crippen molar-refractivity contribution in [3.8, 4) is 0 Å². The van der Waals surface area contributed by atoms with Crippen LogP contribution in [0.3, 0.4) is 0 Å². The van der Waals surface area contributed by atoms with Gasteiger partial charge in [-0.15, -0.1) is 11.8 Å². The molecule has 1 aromatic rings. The van der Waals surface area contributed by atoms with Crippen LogP contribution in [0.4, 0.5) is 5.82 Å². The fourth-order valence-electron chi connectivity index (χ4n) is 0.901. The molecule has 0 fully saturated rings. The van der Waals surface area contributed by atoms with E-state index in [0.29, 0.717) is 5.82 Å². The van der Waals surface area contributed by atoms with Gasteiger partial charge in [-0.2, -0.15) is 0 Å². The number of aromatic nitrogens is 2. The summed E-state index contributed by atoms with van der Waals surface area (Å²) in [5.41, 5.74) is 4.42. The number of thioether (sulfide) groups is 1. The highest BCUT2D eigenvalue weighted by Gasteiger charge is 2.24. The third kappa shape index (κ3) is 3.09. The third-order valence-electron chi connectivity index (χ3n) is 1.91. The van der Waals surface area contributed by atoms with Gasteiger partial charge in [0.2, 0.25) is 5.91 Å². The molecule has 1 rings (SSSR count). The number of nitrogens with two attached hydrogens (primary N) is 1. The molecule has 0 aliphatic heterocycles. The van der Waals surface area contributed by atoms with Gasteiger partial charge in [-0.3, -0.25) is 4.79 Å². The Balaban J connectivity index is 2.85. The predicted molar refractivity (Wildman–Crippen MR) is 60.7 cm³/mol. The van der Waals surface area contributed by atoms with E-state index in [9.17, 15) is 4.79 Å². The maximum atomic E-state index is 11.1. The Bertz CT molecular complexity index is 367. The second-order valence-electron chi connectivity index (χ2n) is 3.56. The number of nitrogens with zero attached hydrogens (tertiary/aromatic N) is 2. The average Bonchev–Trinajstić information content (AvgIpc) is 2.17. The van der Waals surface area contributed by atoms with Gasteiger partial charge in [-0.25, -0.2) is 9.97 Å². The minimum Gasteiger partial charge on any atom is -0.368 e. The summed E-state index contributed by atoms with van der Waals surface area (Å²) in [6.45, 7) is 3.41. The highest BCUT2D eigenvalue weighted by Crippen LogP contribution is 2.17. The molecule has 5 nitrogen and oxygen atoms in total. The molecular weight excluding hydrogens is 212 g/mol. The van der Waals surface area contributed by atoms with E-state index < -0.39 is 11.4 Å².